The molecule has 6 nitrogen and oxygen atoms in total. The molecule has 0 bridgehead atoms. The van der Waals surface area contributed by atoms with E-state index in [-0.39, 0.29) is 17.6 Å². The van der Waals surface area contributed by atoms with E-state index in [9.17, 15) is 9.18 Å². The van der Waals surface area contributed by atoms with E-state index in [4.69, 9.17) is 16.0 Å². The van der Waals surface area contributed by atoms with Gasteiger partial charge >= 0.3 is 0 Å². The molecule has 2 aromatic heterocycles. The number of anilines is 1. The summed E-state index contributed by atoms with van der Waals surface area (Å²) in [5.74, 6) is 0.181. The molecule has 0 aliphatic carbocycles. The first-order valence-electron chi connectivity index (χ1n) is 9.06. The van der Waals surface area contributed by atoms with Crippen molar-refractivity contribution in [2.45, 2.75) is 6.54 Å². The summed E-state index contributed by atoms with van der Waals surface area (Å²) in [6.45, 7) is 0.352. The van der Waals surface area contributed by atoms with Gasteiger partial charge in [-0.2, -0.15) is 9.67 Å². The summed E-state index contributed by atoms with van der Waals surface area (Å²) in [5.41, 5.74) is 1.53. The fourth-order valence-electron chi connectivity index (χ4n) is 2.72. The van der Waals surface area contributed by atoms with E-state index in [1.165, 1.54) is 24.5 Å². The van der Waals surface area contributed by atoms with Gasteiger partial charge in [0.1, 0.15) is 5.82 Å². The van der Waals surface area contributed by atoms with Crippen LogP contribution in [0.1, 0.15) is 15.9 Å². The minimum Gasteiger partial charge on any atom is -0.461 e. The molecule has 0 unspecified atom stereocenters. The van der Waals surface area contributed by atoms with Crippen LogP contribution in [0.15, 0.2) is 77.4 Å². The molecule has 0 atom stereocenters. The Bertz CT molecular complexity index is 1180. The van der Waals surface area contributed by atoms with Gasteiger partial charge in [0.05, 0.1) is 6.26 Å². The van der Waals surface area contributed by atoms with E-state index in [2.05, 4.69) is 15.4 Å². The predicted molar refractivity (Wildman–Crippen MR) is 113 cm³/mol. The molecular weight excluding hydrogens is 407 g/mol. The van der Waals surface area contributed by atoms with Crippen LogP contribution < -0.4 is 5.32 Å². The quantitative estimate of drug-likeness (QED) is 0.427. The number of nitrogens with zero attached hydrogens (tertiary/aromatic N) is 3. The van der Waals surface area contributed by atoms with Gasteiger partial charge in [0.15, 0.2) is 5.76 Å². The first-order chi connectivity index (χ1) is 14.6. The highest BCUT2D eigenvalue weighted by Gasteiger charge is 2.17. The van der Waals surface area contributed by atoms with E-state index < -0.39 is 5.91 Å². The van der Waals surface area contributed by atoms with Gasteiger partial charge in [0, 0.05) is 17.6 Å². The van der Waals surface area contributed by atoms with E-state index in [1.807, 2.05) is 18.2 Å². The molecule has 150 valence electrons. The van der Waals surface area contributed by atoms with Crippen LogP contribution in [0, 0.1) is 5.82 Å². The Hall–Kier alpha value is -3.71. The molecule has 0 saturated carbocycles. The Balaban J connectivity index is 1.60. The lowest BCUT2D eigenvalue weighted by atomic mass is 10.2. The highest BCUT2D eigenvalue weighted by Crippen LogP contribution is 2.20. The predicted octanol–water partition coefficient (Wildman–Crippen LogP) is 5.30. The Kier molecular flexibility index (Phi) is 5.72. The Morgan fingerprint density at radius 2 is 1.93 bits per heavy atom. The van der Waals surface area contributed by atoms with Crippen molar-refractivity contribution in [2.75, 3.05) is 5.32 Å². The molecular formula is C22H16ClFN4O2. The van der Waals surface area contributed by atoms with Gasteiger partial charge in [-0.15, -0.1) is 5.10 Å². The summed E-state index contributed by atoms with van der Waals surface area (Å²) >= 11 is 6.21. The van der Waals surface area contributed by atoms with Gasteiger partial charge in [-0.1, -0.05) is 41.9 Å². The molecule has 2 aromatic carbocycles. The van der Waals surface area contributed by atoms with Crippen LogP contribution >= 0.6 is 11.6 Å². The normalized spacial score (nSPS) is 11.1. The summed E-state index contributed by atoms with van der Waals surface area (Å²) < 4.78 is 19.5. The van der Waals surface area contributed by atoms with Gasteiger partial charge in [-0.3, -0.25) is 4.79 Å². The van der Waals surface area contributed by atoms with E-state index >= 15 is 0 Å². The Morgan fingerprint density at radius 3 is 2.67 bits per heavy atom. The van der Waals surface area contributed by atoms with Crippen LogP contribution in [0.4, 0.5) is 10.3 Å². The van der Waals surface area contributed by atoms with Crippen molar-refractivity contribution in [2.24, 2.45) is 0 Å². The van der Waals surface area contributed by atoms with Gasteiger partial charge < -0.3 is 9.73 Å². The highest BCUT2D eigenvalue weighted by atomic mass is 35.5. The topological polar surface area (TPSA) is 73.0 Å². The third-order valence-electron chi connectivity index (χ3n) is 4.24. The number of furan rings is 1. The number of benzene rings is 2. The lowest BCUT2D eigenvalue weighted by Crippen LogP contribution is -2.14. The zero-order valence-corrected chi connectivity index (χ0v) is 16.4. The number of carbonyl (C=O) groups is 1. The van der Waals surface area contributed by atoms with Crippen molar-refractivity contribution in [1.82, 2.24) is 14.8 Å². The molecule has 0 spiro atoms. The van der Waals surface area contributed by atoms with Crippen LogP contribution in [0.3, 0.4) is 0 Å². The van der Waals surface area contributed by atoms with Crippen LogP contribution in [0.2, 0.25) is 5.02 Å². The number of hydrogen-bond acceptors (Lipinski definition) is 5. The molecule has 0 fully saturated rings. The minimum atomic E-state index is -0.425. The second kappa shape index (κ2) is 8.75. The maximum Gasteiger partial charge on any atom is 0.274 e. The fraction of sp³-hybridized carbons (Fsp3) is 0.0455. The monoisotopic (exact) mass is 422 g/mol. The maximum atomic E-state index is 13.1. The van der Waals surface area contributed by atoms with Gasteiger partial charge in [-0.05, 0) is 47.5 Å². The summed E-state index contributed by atoms with van der Waals surface area (Å²) in [7, 11) is 0. The van der Waals surface area contributed by atoms with Crippen LogP contribution in [-0.2, 0) is 6.54 Å². The minimum absolute atomic E-state index is 0.245. The number of allylic oxidation sites excluding steroid dienone is 1. The third-order valence-corrected chi connectivity index (χ3v) is 4.61. The summed E-state index contributed by atoms with van der Waals surface area (Å²) in [6, 6.07) is 16.6. The van der Waals surface area contributed by atoms with Crippen molar-refractivity contribution < 1.29 is 13.6 Å². The van der Waals surface area contributed by atoms with Gasteiger partial charge in [0.25, 0.3) is 5.91 Å². The summed E-state index contributed by atoms with van der Waals surface area (Å²) in [4.78, 5) is 17.2. The molecule has 0 aliphatic heterocycles. The molecule has 0 saturated heterocycles. The Labute approximate surface area is 176 Å². The van der Waals surface area contributed by atoms with Crippen molar-refractivity contribution >= 4 is 29.5 Å². The van der Waals surface area contributed by atoms with Crippen molar-refractivity contribution in [3.8, 4) is 11.6 Å². The van der Waals surface area contributed by atoms with Crippen molar-refractivity contribution in [3.05, 3.63) is 95.0 Å². The summed E-state index contributed by atoms with van der Waals surface area (Å²) in [6.07, 6.45) is 4.42. The number of nitrogens with one attached hydrogen (secondary N) is 1. The molecule has 8 heteroatoms. The van der Waals surface area contributed by atoms with Gasteiger partial charge in [0.2, 0.25) is 11.8 Å². The third kappa shape index (κ3) is 4.47. The molecule has 1 N–H and O–H groups in total. The molecule has 4 rings (SSSR count). The van der Waals surface area contributed by atoms with Crippen LogP contribution in [-0.4, -0.2) is 20.7 Å². The van der Waals surface area contributed by atoms with Gasteiger partial charge in [-0.25, -0.2) is 4.39 Å². The SMILES string of the molecule is O=C(C=Cc1ccc(F)cc1)n1nc(-c2ccco2)nc1NCc1ccccc1Cl. The second-order valence-electron chi connectivity index (χ2n) is 6.32. The van der Waals surface area contributed by atoms with Crippen molar-refractivity contribution in [1.29, 1.82) is 0 Å². The number of rotatable bonds is 6. The average Bonchev–Trinajstić information content (AvgIpc) is 3.42. The highest BCUT2D eigenvalue weighted by molar-refractivity contribution is 6.31. The molecule has 30 heavy (non-hydrogen) atoms. The molecule has 0 amide bonds. The first-order valence-corrected chi connectivity index (χ1v) is 9.44. The van der Waals surface area contributed by atoms with Crippen molar-refractivity contribution in [3.63, 3.8) is 0 Å². The number of halogens is 2. The molecule has 2 heterocycles. The smallest absolute Gasteiger partial charge is 0.274 e. The van der Waals surface area contributed by atoms with E-state index in [0.29, 0.717) is 22.9 Å². The second-order valence-corrected chi connectivity index (χ2v) is 6.72. The number of aromatic nitrogens is 3. The number of carbonyl (C=O) groups excluding carboxylic acids is 1. The average molecular weight is 423 g/mol. The lowest BCUT2D eigenvalue weighted by Gasteiger charge is -2.07. The fourth-order valence-corrected chi connectivity index (χ4v) is 2.92. The zero-order chi connectivity index (χ0) is 20.9. The molecule has 0 radical (unpaired) electrons. The number of hydrogen-bond donors (Lipinski definition) is 1. The van der Waals surface area contributed by atoms with Crippen LogP contribution in [0.25, 0.3) is 17.7 Å². The Morgan fingerprint density at radius 1 is 1.13 bits per heavy atom. The zero-order valence-electron chi connectivity index (χ0n) is 15.6. The first kappa shape index (κ1) is 19.6. The molecule has 0 aliphatic rings. The summed E-state index contributed by atoms with van der Waals surface area (Å²) in [5, 5.41) is 7.97. The largest absolute Gasteiger partial charge is 0.461 e. The lowest BCUT2D eigenvalue weighted by molar-refractivity contribution is 0.0957. The molecule has 4 aromatic rings. The maximum absolute atomic E-state index is 13.1. The van der Waals surface area contributed by atoms with Crippen LogP contribution in [0.5, 0.6) is 0 Å². The van der Waals surface area contributed by atoms with E-state index in [1.54, 1.807) is 36.4 Å². The standard InChI is InChI=1S/C22H16ClFN4O2/c23-18-5-2-1-4-16(18)14-25-22-26-21(19-6-3-13-30-19)27-28(22)20(29)12-9-15-7-10-17(24)11-8-15/h1-13H,14H2,(H,25,26,27). The van der Waals surface area contributed by atoms with E-state index in [0.717, 1.165) is 10.2 Å².